The van der Waals surface area contributed by atoms with Crippen molar-refractivity contribution in [3.8, 4) is 5.75 Å². The molecular weight excluding hydrogens is 382 g/mol. The third-order valence-electron chi connectivity index (χ3n) is 4.98. The second-order valence-corrected chi connectivity index (χ2v) is 7.14. The summed E-state index contributed by atoms with van der Waals surface area (Å²) in [4.78, 5) is 30.3. The van der Waals surface area contributed by atoms with Crippen LogP contribution < -0.4 is 20.0 Å². The lowest BCUT2D eigenvalue weighted by atomic mass is 10.2. The van der Waals surface area contributed by atoms with Crippen LogP contribution in [-0.4, -0.2) is 70.3 Å². The summed E-state index contributed by atoms with van der Waals surface area (Å²) in [6.45, 7) is 2.17. The van der Waals surface area contributed by atoms with E-state index in [0.29, 0.717) is 26.2 Å². The largest absolute Gasteiger partial charge is 0.495 e. The number of hydrogen-bond donors (Lipinski definition) is 1. The molecule has 0 aromatic heterocycles. The van der Waals surface area contributed by atoms with Crippen LogP contribution in [0, 0.1) is 0 Å². The first-order chi connectivity index (χ1) is 14.5. The van der Waals surface area contributed by atoms with Crippen LogP contribution in [0.15, 0.2) is 53.6 Å². The lowest BCUT2D eigenvalue weighted by Gasteiger charge is -2.36. The van der Waals surface area contributed by atoms with E-state index in [1.54, 1.807) is 12.0 Å². The van der Waals surface area contributed by atoms with Gasteiger partial charge in [0.25, 0.3) is 0 Å². The molecule has 30 heavy (non-hydrogen) atoms. The van der Waals surface area contributed by atoms with Gasteiger partial charge in [0.05, 0.1) is 19.0 Å². The van der Waals surface area contributed by atoms with Gasteiger partial charge in [-0.3, -0.25) is 9.59 Å². The van der Waals surface area contributed by atoms with Gasteiger partial charge in [-0.1, -0.05) is 24.3 Å². The normalized spacial score (nSPS) is 14.0. The molecule has 8 heteroatoms. The molecule has 1 saturated heterocycles. The second-order valence-electron chi connectivity index (χ2n) is 7.14. The average Bonchev–Trinajstić information content (AvgIpc) is 2.79. The van der Waals surface area contributed by atoms with E-state index >= 15 is 0 Å². The van der Waals surface area contributed by atoms with Gasteiger partial charge in [-0.05, 0) is 29.8 Å². The first kappa shape index (κ1) is 21.2. The fourth-order valence-electron chi connectivity index (χ4n) is 3.26. The van der Waals surface area contributed by atoms with Crippen LogP contribution in [0.25, 0.3) is 0 Å². The van der Waals surface area contributed by atoms with Gasteiger partial charge < -0.3 is 19.4 Å². The third-order valence-corrected chi connectivity index (χ3v) is 4.98. The van der Waals surface area contributed by atoms with Crippen molar-refractivity contribution in [3.63, 3.8) is 0 Å². The zero-order valence-electron chi connectivity index (χ0n) is 17.5. The Morgan fingerprint density at radius 2 is 1.70 bits per heavy atom. The molecule has 1 aliphatic rings. The minimum absolute atomic E-state index is 0.458. The van der Waals surface area contributed by atoms with Crippen LogP contribution in [0.1, 0.15) is 5.56 Å². The van der Waals surface area contributed by atoms with Crippen molar-refractivity contribution in [3.05, 3.63) is 54.1 Å². The van der Waals surface area contributed by atoms with Crippen molar-refractivity contribution in [1.29, 1.82) is 0 Å². The van der Waals surface area contributed by atoms with Crippen LogP contribution >= 0.6 is 0 Å². The zero-order valence-corrected chi connectivity index (χ0v) is 17.5. The maximum Gasteiger partial charge on any atom is 0.329 e. The number of nitrogens with zero attached hydrogens (tertiary/aromatic N) is 4. The van der Waals surface area contributed by atoms with Gasteiger partial charge >= 0.3 is 11.8 Å². The highest BCUT2D eigenvalue weighted by Gasteiger charge is 2.26. The summed E-state index contributed by atoms with van der Waals surface area (Å²) >= 11 is 0. The number of anilines is 2. The van der Waals surface area contributed by atoms with Crippen molar-refractivity contribution in [2.75, 3.05) is 57.2 Å². The summed E-state index contributed by atoms with van der Waals surface area (Å²) in [5.74, 6) is -0.514. The third kappa shape index (κ3) is 5.08. The van der Waals surface area contributed by atoms with Crippen LogP contribution in [0.4, 0.5) is 11.4 Å². The highest BCUT2D eigenvalue weighted by Crippen LogP contribution is 2.28. The van der Waals surface area contributed by atoms with Gasteiger partial charge in [0.1, 0.15) is 5.75 Å². The Kier molecular flexibility index (Phi) is 6.90. The first-order valence-corrected chi connectivity index (χ1v) is 9.77. The number of nitrogens with one attached hydrogen (secondary N) is 1. The van der Waals surface area contributed by atoms with Crippen LogP contribution in [-0.2, 0) is 9.59 Å². The summed E-state index contributed by atoms with van der Waals surface area (Å²) in [5, 5.41) is 3.90. The minimum Gasteiger partial charge on any atom is -0.495 e. The van der Waals surface area contributed by atoms with Gasteiger partial charge in [-0.25, -0.2) is 5.43 Å². The lowest BCUT2D eigenvalue weighted by Crippen LogP contribution is -2.52. The molecule has 0 radical (unpaired) electrons. The van der Waals surface area contributed by atoms with E-state index in [-0.39, 0.29) is 0 Å². The summed E-state index contributed by atoms with van der Waals surface area (Å²) in [6.07, 6.45) is 1.52. The molecule has 1 aliphatic heterocycles. The number of ether oxygens (including phenoxy) is 1. The Labute approximate surface area is 176 Å². The number of rotatable bonds is 5. The van der Waals surface area contributed by atoms with Gasteiger partial charge in [0.2, 0.25) is 0 Å². The second kappa shape index (κ2) is 9.78. The molecule has 1 fully saturated rings. The fourth-order valence-corrected chi connectivity index (χ4v) is 3.26. The molecule has 3 rings (SSSR count). The lowest BCUT2D eigenvalue weighted by molar-refractivity contribution is -0.146. The number of methoxy groups -OCH3 is 1. The average molecular weight is 409 g/mol. The molecule has 158 valence electrons. The molecule has 0 atom stereocenters. The molecular formula is C22H27N5O3. The van der Waals surface area contributed by atoms with E-state index in [4.69, 9.17) is 4.74 Å². The van der Waals surface area contributed by atoms with E-state index in [9.17, 15) is 9.59 Å². The number of benzene rings is 2. The standard InChI is InChI=1S/C22H27N5O3/c1-25(2)18-10-8-17(9-11-18)16-23-24-21(28)22(29)27-14-12-26(13-15-27)19-6-4-5-7-20(19)30-3/h4-11,16H,12-15H2,1-3H3,(H,24,28)/b23-16-. The van der Waals surface area contributed by atoms with Crippen molar-refractivity contribution in [2.24, 2.45) is 5.10 Å². The van der Waals surface area contributed by atoms with Gasteiger partial charge in [-0.2, -0.15) is 5.10 Å². The van der Waals surface area contributed by atoms with E-state index in [1.807, 2.05) is 67.5 Å². The van der Waals surface area contributed by atoms with Crippen LogP contribution in [0.5, 0.6) is 5.75 Å². The Morgan fingerprint density at radius 1 is 1.03 bits per heavy atom. The molecule has 0 unspecified atom stereocenters. The van der Waals surface area contributed by atoms with E-state index in [2.05, 4.69) is 15.4 Å². The SMILES string of the molecule is COc1ccccc1N1CCN(C(=O)C(=O)N/N=C\c2ccc(N(C)C)cc2)CC1. The smallest absolute Gasteiger partial charge is 0.329 e. The molecule has 8 nitrogen and oxygen atoms in total. The quantitative estimate of drug-likeness (QED) is 0.461. The van der Waals surface area contributed by atoms with Crippen molar-refractivity contribution >= 4 is 29.4 Å². The Balaban J connectivity index is 1.50. The predicted octanol–water partition coefficient (Wildman–Crippen LogP) is 1.56. The van der Waals surface area contributed by atoms with Crippen LogP contribution in [0.3, 0.4) is 0 Å². The van der Waals surface area contributed by atoms with Crippen molar-refractivity contribution < 1.29 is 14.3 Å². The molecule has 2 aromatic carbocycles. The maximum atomic E-state index is 12.4. The predicted molar refractivity (Wildman–Crippen MR) is 118 cm³/mol. The topological polar surface area (TPSA) is 77.5 Å². The highest BCUT2D eigenvalue weighted by atomic mass is 16.5. The first-order valence-electron chi connectivity index (χ1n) is 9.77. The van der Waals surface area contributed by atoms with Gasteiger partial charge in [-0.15, -0.1) is 0 Å². The molecule has 0 bridgehead atoms. The number of piperazine rings is 1. The number of hydrogen-bond acceptors (Lipinski definition) is 6. The molecule has 2 aromatic rings. The Bertz CT molecular complexity index is 903. The van der Waals surface area contributed by atoms with Crippen molar-refractivity contribution in [1.82, 2.24) is 10.3 Å². The van der Waals surface area contributed by atoms with Gasteiger partial charge in [0.15, 0.2) is 0 Å². The van der Waals surface area contributed by atoms with Gasteiger partial charge in [0, 0.05) is 46.0 Å². The fraction of sp³-hybridized carbons (Fsp3) is 0.318. The minimum atomic E-state index is -0.734. The summed E-state index contributed by atoms with van der Waals surface area (Å²) in [6, 6.07) is 15.5. The molecule has 0 aliphatic carbocycles. The number of amides is 2. The number of carbonyl (C=O) groups is 2. The van der Waals surface area contributed by atoms with E-state index in [0.717, 1.165) is 22.7 Å². The van der Waals surface area contributed by atoms with Crippen LogP contribution in [0.2, 0.25) is 0 Å². The summed E-state index contributed by atoms with van der Waals surface area (Å²) in [5.41, 5.74) is 5.21. The Hall–Kier alpha value is -3.55. The number of hydrazone groups is 1. The molecule has 0 saturated carbocycles. The highest BCUT2D eigenvalue weighted by molar-refractivity contribution is 6.35. The molecule has 2 amide bonds. The van der Waals surface area contributed by atoms with Crippen molar-refractivity contribution in [2.45, 2.75) is 0 Å². The van der Waals surface area contributed by atoms with E-state index in [1.165, 1.54) is 6.21 Å². The maximum absolute atomic E-state index is 12.4. The summed E-state index contributed by atoms with van der Waals surface area (Å²) in [7, 11) is 5.57. The Morgan fingerprint density at radius 3 is 2.33 bits per heavy atom. The molecule has 0 spiro atoms. The monoisotopic (exact) mass is 409 g/mol. The summed E-state index contributed by atoms with van der Waals surface area (Å²) < 4.78 is 5.41. The number of para-hydroxylation sites is 2. The van der Waals surface area contributed by atoms with E-state index < -0.39 is 11.8 Å². The zero-order chi connectivity index (χ0) is 21.5. The molecule has 1 heterocycles. The molecule has 1 N–H and O–H groups in total. The number of carbonyl (C=O) groups excluding carboxylic acids is 2.